The van der Waals surface area contributed by atoms with Gasteiger partial charge in [0.1, 0.15) is 0 Å². The van der Waals surface area contributed by atoms with Crippen LogP contribution in [-0.2, 0) is 10.0 Å². The second-order valence-corrected chi connectivity index (χ2v) is 7.27. The summed E-state index contributed by atoms with van der Waals surface area (Å²) in [5, 5.41) is 0. The standard InChI is InChI=1S/C11H16N2O3S2/c1-8-10(17-11(14)13-8)18(15,16)12-7-6-9-4-2-3-5-9/h4,12H,2-3,5-7H2,1H3,(H,13,14). The first-order chi connectivity index (χ1) is 8.49. The van der Waals surface area contributed by atoms with Crippen LogP contribution in [0.2, 0.25) is 0 Å². The molecule has 7 heteroatoms. The minimum Gasteiger partial charge on any atom is -0.315 e. The number of H-pyrrole nitrogens is 1. The quantitative estimate of drug-likeness (QED) is 0.806. The molecule has 1 aromatic rings. The molecule has 0 aromatic carbocycles. The van der Waals surface area contributed by atoms with E-state index in [0.29, 0.717) is 12.2 Å². The first kappa shape index (κ1) is 13.5. The molecule has 0 unspecified atom stereocenters. The lowest BCUT2D eigenvalue weighted by Gasteiger charge is -2.05. The molecule has 5 nitrogen and oxygen atoms in total. The van der Waals surface area contributed by atoms with Crippen molar-refractivity contribution in [3.05, 3.63) is 27.0 Å². The normalized spacial score (nSPS) is 15.9. The summed E-state index contributed by atoms with van der Waals surface area (Å²) in [5.41, 5.74) is 1.72. The zero-order valence-electron chi connectivity index (χ0n) is 10.2. The van der Waals surface area contributed by atoms with Crippen molar-refractivity contribution in [3.8, 4) is 0 Å². The summed E-state index contributed by atoms with van der Waals surface area (Å²) < 4.78 is 26.6. The van der Waals surface area contributed by atoms with Crippen molar-refractivity contribution in [3.63, 3.8) is 0 Å². The fraction of sp³-hybridized carbons (Fsp3) is 0.545. The van der Waals surface area contributed by atoms with Crippen LogP contribution in [0.15, 0.2) is 20.7 Å². The molecule has 0 saturated carbocycles. The molecule has 1 aromatic heterocycles. The van der Waals surface area contributed by atoms with E-state index in [9.17, 15) is 13.2 Å². The molecule has 100 valence electrons. The molecule has 0 atom stereocenters. The van der Waals surface area contributed by atoms with Crippen molar-refractivity contribution >= 4 is 21.4 Å². The van der Waals surface area contributed by atoms with Gasteiger partial charge in [-0.2, -0.15) is 0 Å². The van der Waals surface area contributed by atoms with Crippen molar-refractivity contribution in [2.24, 2.45) is 0 Å². The van der Waals surface area contributed by atoms with Gasteiger partial charge in [-0.3, -0.25) is 4.79 Å². The number of hydrogen-bond donors (Lipinski definition) is 2. The maximum absolute atomic E-state index is 12.0. The molecule has 0 fully saturated rings. The van der Waals surface area contributed by atoms with Gasteiger partial charge in [0.2, 0.25) is 0 Å². The lowest BCUT2D eigenvalue weighted by molar-refractivity contribution is 0.582. The van der Waals surface area contributed by atoms with E-state index >= 15 is 0 Å². The van der Waals surface area contributed by atoms with Gasteiger partial charge in [0.05, 0.1) is 0 Å². The lowest BCUT2D eigenvalue weighted by Crippen LogP contribution is -2.24. The molecule has 0 spiro atoms. The Morgan fingerprint density at radius 2 is 2.28 bits per heavy atom. The van der Waals surface area contributed by atoms with Gasteiger partial charge in [-0.25, -0.2) is 13.1 Å². The average Bonchev–Trinajstić information content (AvgIpc) is 2.88. The summed E-state index contributed by atoms with van der Waals surface area (Å²) >= 11 is 0.728. The summed E-state index contributed by atoms with van der Waals surface area (Å²) in [5.74, 6) is 0. The van der Waals surface area contributed by atoms with Gasteiger partial charge >= 0.3 is 4.87 Å². The third-order valence-corrected chi connectivity index (χ3v) is 5.96. The lowest BCUT2D eigenvalue weighted by atomic mass is 10.2. The van der Waals surface area contributed by atoms with Crippen LogP contribution in [0.3, 0.4) is 0 Å². The Morgan fingerprint density at radius 3 is 2.83 bits per heavy atom. The molecule has 0 bridgehead atoms. The summed E-state index contributed by atoms with van der Waals surface area (Å²) in [6.07, 6.45) is 6.26. The van der Waals surface area contributed by atoms with Crippen LogP contribution in [0.5, 0.6) is 0 Å². The molecule has 0 saturated heterocycles. The van der Waals surface area contributed by atoms with E-state index in [1.807, 2.05) is 0 Å². The second-order valence-electron chi connectivity index (χ2n) is 4.33. The number of aryl methyl sites for hydroxylation is 1. The minimum absolute atomic E-state index is 0.0906. The Morgan fingerprint density at radius 1 is 1.50 bits per heavy atom. The SMILES string of the molecule is Cc1[nH]c(=O)sc1S(=O)(=O)NCCC1=CCCC1. The summed E-state index contributed by atoms with van der Waals surface area (Å²) in [6.45, 7) is 1.98. The molecule has 2 N–H and O–H groups in total. The molecule has 0 amide bonds. The van der Waals surface area contributed by atoms with Gasteiger partial charge in [-0.05, 0) is 32.6 Å². The van der Waals surface area contributed by atoms with Crippen molar-refractivity contribution in [2.75, 3.05) is 6.54 Å². The zero-order valence-corrected chi connectivity index (χ0v) is 11.8. The Hall–Kier alpha value is -0.920. The largest absolute Gasteiger partial charge is 0.315 e. The predicted molar refractivity (Wildman–Crippen MR) is 71.4 cm³/mol. The Kier molecular flexibility index (Phi) is 4.04. The fourth-order valence-electron chi connectivity index (χ4n) is 2.02. The van der Waals surface area contributed by atoms with E-state index in [1.165, 1.54) is 12.0 Å². The molecule has 1 aliphatic rings. The maximum atomic E-state index is 12.0. The third-order valence-electron chi connectivity index (χ3n) is 2.90. The van der Waals surface area contributed by atoms with Crippen molar-refractivity contribution in [1.82, 2.24) is 9.71 Å². The smallest absolute Gasteiger partial charge is 0.305 e. The molecule has 1 aliphatic carbocycles. The van der Waals surface area contributed by atoms with Gasteiger partial charge in [-0.15, -0.1) is 0 Å². The monoisotopic (exact) mass is 288 g/mol. The topological polar surface area (TPSA) is 79.0 Å². The number of nitrogens with one attached hydrogen (secondary N) is 2. The number of rotatable bonds is 5. The highest BCUT2D eigenvalue weighted by Crippen LogP contribution is 2.20. The van der Waals surface area contributed by atoms with Crippen molar-refractivity contribution in [1.29, 1.82) is 0 Å². The highest BCUT2D eigenvalue weighted by molar-refractivity contribution is 7.91. The average molecular weight is 288 g/mol. The Labute approximate surface area is 110 Å². The van der Waals surface area contributed by atoms with Gasteiger partial charge in [0, 0.05) is 12.2 Å². The maximum Gasteiger partial charge on any atom is 0.305 e. The van der Waals surface area contributed by atoms with E-state index in [4.69, 9.17) is 0 Å². The molecule has 18 heavy (non-hydrogen) atoms. The highest BCUT2D eigenvalue weighted by Gasteiger charge is 2.20. The van der Waals surface area contributed by atoms with E-state index < -0.39 is 10.0 Å². The van der Waals surface area contributed by atoms with Crippen LogP contribution >= 0.6 is 11.3 Å². The Bertz CT molecular complexity index is 610. The summed E-state index contributed by atoms with van der Waals surface area (Å²) in [4.78, 5) is 13.2. The van der Waals surface area contributed by atoms with Crippen LogP contribution in [0.25, 0.3) is 0 Å². The van der Waals surface area contributed by atoms with Gasteiger partial charge in [0.15, 0.2) is 4.21 Å². The van der Waals surface area contributed by atoms with Crippen LogP contribution < -0.4 is 9.60 Å². The van der Waals surface area contributed by atoms with E-state index in [1.54, 1.807) is 6.92 Å². The molecular weight excluding hydrogens is 272 g/mol. The number of sulfonamides is 1. The van der Waals surface area contributed by atoms with Crippen LogP contribution in [0.4, 0.5) is 0 Å². The number of aromatic nitrogens is 1. The van der Waals surface area contributed by atoms with Crippen molar-refractivity contribution in [2.45, 2.75) is 36.8 Å². The molecule has 2 rings (SSSR count). The molecular formula is C11H16N2O3S2. The minimum atomic E-state index is -3.55. The Balaban J connectivity index is 1.99. The van der Waals surface area contributed by atoms with E-state index in [-0.39, 0.29) is 9.08 Å². The van der Waals surface area contributed by atoms with Gasteiger partial charge in [-0.1, -0.05) is 23.0 Å². The molecule has 0 aliphatic heterocycles. The number of thiazole rings is 1. The summed E-state index contributed by atoms with van der Waals surface area (Å²) in [6, 6.07) is 0. The molecule has 0 radical (unpaired) electrons. The third kappa shape index (κ3) is 3.09. The number of hydrogen-bond acceptors (Lipinski definition) is 4. The van der Waals surface area contributed by atoms with Gasteiger partial charge < -0.3 is 4.98 Å². The van der Waals surface area contributed by atoms with Crippen LogP contribution in [-0.4, -0.2) is 19.9 Å². The predicted octanol–water partition coefficient (Wildman–Crippen LogP) is 1.52. The molecule has 1 heterocycles. The van der Waals surface area contributed by atoms with Crippen LogP contribution in [0.1, 0.15) is 31.4 Å². The first-order valence-electron chi connectivity index (χ1n) is 5.86. The highest BCUT2D eigenvalue weighted by atomic mass is 32.2. The van der Waals surface area contributed by atoms with Crippen LogP contribution in [0, 0.1) is 6.92 Å². The fourth-order valence-corrected chi connectivity index (χ4v) is 4.40. The summed E-state index contributed by atoms with van der Waals surface area (Å²) in [7, 11) is -3.55. The van der Waals surface area contributed by atoms with E-state index in [0.717, 1.165) is 30.6 Å². The second kappa shape index (κ2) is 5.38. The van der Waals surface area contributed by atoms with Crippen molar-refractivity contribution < 1.29 is 8.42 Å². The first-order valence-corrected chi connectivity index (χ1v) is 8.16. The van der Waals surface area contributed by atoms with E-state index in [2.05, 4.69) is 15.8 Å². The van der Waals surface area contributed by atoms with Gasteiger partial charge in [0.25, 0.3) is 10.0 Å². The zero-order chi connectivity index (χ0) is 13.2. The number of aromatic amines is 1. The number of allylic oxidation sites excluding steroid dienone is 1.